The van der Waals surface area contributed by atoms with Crippen molar-refractivity contribution in [3.8, 4) is 17.0 Å². The molecule has 0 unspecified atom stereocenters. The van der Waals surface area contributed by atoms with Gasteiger partial charge in [-0.05, 0) is 48.4 Å². The molecule has 26 heavy (non-hydrogen) atoms. The Morgan fingerprint density at radius 3 is 2.27 bits per heavy atom. The Balaban J connectivity index is 2.97. The van der Waals surface area contributed by atoms with Gasteiger partial charge in [0.05, 0.1) is 12.7 Å². The number of methoxy groups -OCH3 is 1. The van der Waals surface area contributed by atoms with Crippen molar-refractivity contribution in [3.63, 3.8) is 0 Å². The summed E-state index contributed by atoms with van der Waals surface area (Å²) in [5.74, 6) is 0.412. The maximum atomic E-state index is 12.4. The number of aryl methyl sites for hydroxylation is 2. The lowest BCUT2D eigenvalue weighted by atomic mass is 9.75. The lowest BCUT2D eigenvalue weighted by molar-refractivity contribution is -0.660. The van der Waals surface area contributed by atoms with Crippen LogP contribution in [0.3, 0.4) is 0 Å². The molecular weight excluding hydrogens is 346 g/mol. The lowest BCUT2D eigenvalue weighted by Gasteiger charge is -2.30. The van der Waals surface area contributed by atoms with Crippen LogP contribution in [0.25, 0.3) is 11.3 Å². The lowest BCUT2D eigenvalue weighted by Crippen LogP contribution is -2.32. The van der Waals surface area contributed by atoms with Gasteiger partial charge in [-0.15, -0.1) is 0 Å². The van der Waals surface area contributed by atoms with Gasteiger partial charge in [-0.25, -0.2) is 13.0 Å². The van der Waals surface area contributed by atoms with Gasteiger partial charge in [0.25, 0.3) is 0 Å². The van der Waals surface area contributed by atoms with Crippen LogP contribution in [0.15, 0.2) is 35.4 Å². The van der Waals surface area contributed by atoms with Gasteiger partial charge in [-0.3, -0.25) is 0 Å². The van der Waals surface area contributed by atoms with Gasteiger partial charge in [0.15, 0.2) is 16.0 Å². The van der Waals surface area contributed by atoms with Crippen LogP contribution in [0.5, 0.6) is 5.75 Å². The molecule has 0 amide bonds. The first-order valence-corrected chi connectivity index (χ1v) is 10.9. The molecule has 0 saturated carbocycles. The van der Waals surface area contributed by atoms with Crippen LogP contribution in [0, 0.1) is 6.92 Å². The van der Waals surface area contributed by atoms with E-state index in [-0.39, 0.29) is 10.3 Å². The summed E-state index contributed by atoms with van der Waals surface area (Å²) in [5, 5.41) is 0. The fourth-order valence-corrected chi connectivity index (χ4v) is 4.13. The predicted octanol–water partition coefficient (Wildman–Crippen LogP) is 3.98. The molecule has 0 atom stereocenters. The maximum absolute atomic E-state index is 12.4. The van der Waals surface area contributed by atoms with Crippen molar-refractivity contribution >= 4 is 9.84 Å². The monoisotopic (exact) mass is 376 g/mol. The molecule has 1 aromatic carbocycles. The highest BCUT2D eigenvalue weighted by atomic mass is 32.2. The van der Waals surface area contributed by atoms with E-state index in [0.29, 0.717) is 5.75 Å². The quantitative estimate of drug-likeness (QED) is 0.717. The summed E-state index contributed by atoms with van der Waals surface area (Å²) < 4.78 is 32.2. The molecule has 0 spiro atoms. The van der Waals surface area contributed by atoms with Crippen molar-refractivity contribution in [2.75, 3.05) is 13.4 Å². The van der Waals surface area contributed by atoms with Crippen LogP contribution in [0.1, 0.15) is 44.7 Å². The summed E-state index contributed by atoms with van der Waals surface area (Å²) in [5.41, 5.74) is 4.13. The standard InChI is InChI=1S/C21H30NO3S/c1-8-21(4,9-2)17-14-19(25-6)20(26(7,23)24)13-16(17)18-12-15(3)10-11-22(18)5/h10-14H,8-9H2,1-7H3/q+1. The van der Waals surface area contributed by atoms with Crippen LogP contribution in [-0.4, -0.2) is 21.8 Å². The van der Waals surface area contributed by atoms with Gasteiger partial charge >= 0.3 is 0 Å². The number of sulfone groups is 1. The SMILES string of the molecule is CCC(C)(CC)c1cc(OC)c(S(C)(=O)=O)cc1-c1cc(C)cc[n+]1C. The van der Waals surface area contributed by atoms with Gasteiger partial charge in [0, 0.05) is 18.4 Å². The summed E-state index contributed by atoms with van der Waals surface area (Å²) >= 11 is 0. The molecule has 4 nitrogen and oxygen atoms in total. The highest BCUT2D eigenvalue weighted by molar-refractivity contribution is 7.90. The average molecular weight is 377 g/mol. The number of pyridine rings is 1. The zero-order chi connectivity index (χ0) is 19.7. The zero-order valence-electron chi connectivity index (χ0n) is 16.9. The van der Waals surface area contributed by atoms with E-state index in [9.17, 15) is 8.42 Å². The second-order valence-electron chi connectivity index (χ2n) is 7.29. The van der Waals surface area contributed by atoms with E-state index in [2.05, 4.69) is 26.8 Å². The highest BCUT2D eigenvalue weighted by Gasteiger charge is 2.31. The molecule has 2 aromatic rings. The van der Waals surface area contributed by atoms with Gasteiger partial charge in [-0.2, -0.15) is 0 Å². The van der Waals surface area contributed by atoms with Crippen molar-refractivity contribution in [3.05, 3.63) is 41.6 Å². The molecule has 5 heteroatoms. The number of ether oxygens (including phenoxy) is 1. The molecule has 0 radical (unpaired) electrons. The van der Waals surface area contributed by atoms with Crippen molar-refractivity contribution < 1.29 is 17.7 Å². The summed E-state index contributed by atoms with van der Waals surface area (Å²) in [6, 6.07) is 7.84. The third-order valence-electron chi connectivity index (χ3n) is 5.50. The zero-order valence-corrected chi connectivity index (χ0v) is 17.7. The summed E-state index contributed by atoms with van der Waals surface area (Å²) in [4.78, 5) is 0.231. The first-order valence-electron chi connectivity index (χ1n) is 8.96. The van der Waals surface area contributed by atoms with Crippen molar-refractivity contribution in [1.29, 1.82) is 0 Å². The van der Waals surface area contributed by atoms with E-state index >= 15 is 0 Å². The van der Waals surface area contributed by atoms with Crippen LogP contribution in [0.2, 0.25) is 0 Å². The molecule has 142 valence electrons. The molecule has 2 rings (SSSR count). The third-order valence-corrected chi connectivity index (χ3v) is 6.61. The van der Waals surface area contributed by atoms with Crippen molar-refractivity contribution in [2.24, 2.45) is 7.05 Å². The molecule has 0 aliphatic carbocycles. The van der Waals surface area contributed by atoms with E-state index in [1.807, 2.05) is 36.9 Å². The molecule has 0 bridgehead atoms. The molecule has 0 saturated heterocycles. The number of hydrogen-bond acceptors (Lipinski definition) is 3. The maximum Gasteiger partial charge on any atom is 0.212 e. The molecule has 1 heterocycles. The highest BCUT2D eigenvalue weighted by Crippen LogP contribution is 2.41. The predicted molar refractivity (Wildman–Crippen MR) is 105 cm³/mol. The second-order valence-corrected chi connectivity index (χ2v) is 9.27. The Kier molecular flexibility index (Phi) is 5.81. The fourth-order valence-electron chi connectivity index (χ4n) is 3.29. The van der Waals surface area contributed by atoms with E-state index < -0.39 is 9.84 Å². The van der Waals surface area contributed by atoms with Crippen LogP contribution >= 0.6 is 0 Å². The number of rotatable bonds is 6. The van der Waals surface area contributed by atoms with Crippen LogP contribution < -0.4 is 9.30 Å². The minimum Gasteiger partial charge on any atom is -0.495 e. The fraction of sp³-hybridized carbons (Fsp3) is 0.476. The second kappa shape index (κ2) is 7.39. The number of nitrogens with zero attached hydrogens (tertiary/aromatic N) is 1. The average Bonchev–Trinajstić information content (AvgIpc) is 2.61. The summed E-state index contributed by atoms with van der Waals surface area (Å²) in [7, 11) is 0.0984. The van der Waals surface area contributed by atoms with E-state index in [4.69, 9.17) is 4.74 Å². The van der Waals surface area contributed by atoms with Crippen molar-refractivity contribution in [1.82, 2.24) is 0 Å². The van der Waals surface area contributed by atoms with Gasteiger partial charge in [0.2, 0.25) is 5.69 Å². The van der Waals surface area contributed by atoms with E-state index in [0.717, 1.165) is 35.2 Å². The molecule has 0 fully saturated rings. The van der Waals surface area contributed by atoms with E-state index in [1.165, 1.54) is 13.4 Å². The van der Waals surface area contributed by atoms with Gasteiger partial charge in [0.1, 0.15) is 17.7 Å². The van der Waals surface area contributed by atoms with Crippen molar-refractivity contribution in [2.45, 2.75) is 50.8 Å². The minimum atomic E-state index is -3.41. The molecular formula is C21H30NO3S+. The smallest absolute Gasteiger partial charge is 0.212 e. The third kappa shape index (κ3) is 3.78. The Morgan fingerprint density at radius 2 is 1.77 bits per heavy atom. The molecule has 0 aliphatic heterocycles. The first kappa shape index (κ1) is 20.4. The van der Waals surface area contributed by atoms with Crippen LogP contribution in [-0.2, 0) is 22.3 Å². The molecule has 1 aromatic heterocycles. The topological polar surface area (TPSA) is 47.3 Å². The van der Waals surface area contributed by atoms with Gasteiger partial charge in [-0.1, -0.05) is 20.8 Å². The normalized spacial score (nSPS) is 12.3. The Hall–Kier alpha value is -1.88. The largest absolute Gasteiger partial charge is 0.495 e. The Labute approximate surface area is 157 Å². The minimum absolute atomic E-state index is 0.0740. The Bertz CT molecular complexity index is 913. The number of aromatic nitrogens is 1. The number of hydrogen-bond donors (Lipinski definition) is 0. The molecule has 0 aliphatic rings. The summed E-state index contributed by atoms with van der Waals surface area (Å²) in [6.45, 7) is 8.60. The van der Waals surface area contributed by atoms with E-state index in [1.54, 1.807) is 6.07 Å². The Morgan fingerprint density at radius 1 is 1.15 bits per heavy atom. The number of benzene rings is 1. The van der Waals surface area contributed by atoms with Crippen LogP contribution in [0.4, 0.5) is 0 Å². The van der Waals surface area contributed by atoms with Gasteiger partial charge < -0.3 is 4.74 Å². The first-order chi connectivity index (χ1) is 12.1. The summed E-state index contributed by atoms with van der Waals surface area (Å²) in [6.07, 6.45) is 5.14. The molecule has 0 N–H and O–H groups in total.